The molecular formula is C17H22ClNS. The van der Waals surface area contributed by atoms with Crippen molar-refractivity contribution in [2.75, 3.05) is 11.5 Å². The van der Waals surface area contributed by atoms with Crippen molar-refractivity contribution in [2.45, 2.75) is 43.4 Å². The van der Waals surface area contributed by atoms with Gasteiger partial charge in [-0.15, -0.1) is 11.8 Å². The van der Waals surface area contributed by atoms with Crippen LogP contribution in [0.4, 0.5) is 5.69 Å². The zero-order valence-corrected chi connectivity index (χ0v) is 13.3. The van der Waals surface area contributed by atoms with Crippen LogP contribution in [0.2, 0.25) is 5.02 Å². The van der Waals surface area contributed by atoms with E-state index in [4.69, 9.17) is 17.3 Å². The lowest BCUT2D eigenvalue weighted by molar-refractivity contribution is -0.0381. The van der Waals surface area contributed by atoms with Gasteiger partial charge in [0.2, 0.25) is 0 Å². The van der Waals surface area contributed by atoms with Crippen LogP contribution in [0.3, 0.4) is 0 Å². The maximum atomic E-state index is 6.31. The van der Waals surface area contributed by atoms with Gasteiger partial charge in [-0.3, -0.25) is 0 Å². The summed E-state index contributed by atoms with van der Waals surface area (Å²) >= 11 is 8.24. The molecule has 5 rings (SSSR count). The van der Waals surface area contributed by atoms with Gasteiger partial charge in [0, 0.05) is 16.3 Å². The maximum absolute atomic E-state index is 6.31. The first-order chi connectivity index (χ1) is 9.62. The van der Waals surface area contributed by atoms with E-state index in [1.54, 1.807) is 0 Å². The largest absolute Gasteiger partial charge is 0.399 e. The summed E-state index contributed by atoms with van der Waals surface area (Å²) in [5, 5.41) is 0.855. The number of hydrogen-bond acceptors (Lipinski definition) is 2. The van der Waals surface area contributed by atoms with Crippen molar-refractivity contribution < 1.29 is 0 Å². The highest BCUT2D eigenvalue weighted by atomic mass is 35.5. The summed E-state index contributed by atoms with van der Waals surface area (Å²) in [4.78, 5) is 1.17. The number of thioether (sulfide) groups is 1. The molecule has 0 aliphatic heterocycles. The molecule has 0 unspecified atom stereocenters. The number of anilines is 1. The van der Waals surface area contributed by atoms with Crippen molar-refractivity contribution in [2.24, 2.45) is 23.2 Å². The minimum absolute atomic E-state index is 0.605. The van der Waals surface area contributed by atoms with Gasteiger partial charge < -0.3 is 5.73 Å². The first-order valence-electron chi connectivity index (χ1n) is 7.80. The average Bonchev–Trinajstić information content (AvgIpc) is 2.38. The van der Waals surface area contributed by atoms with Gasteiger partial charge in [-0.05, 0) is 79.9 Å². The van der Waals surface area contributed by atoms with Gasteiger partial charge in [-0.25, -0.2) is 0 Å². The van der Waals surface area contributed by atoms with Crippen molar-refractivity contribution >= 4 is 29.1 Å². The second-order valence-corrected chi connectivity index (χ2v) is 8.82. The predicted molar refractivity (Wildman–Crippen MR) is 87.2 cm³/mol. The monoisotopic (exact) mass is 307 g/mol. The first kappa shape index (κ1) is 13.3. The van der Waals surface area contributed by atoms with Crippen molar-refractivity contribution in [1.29, 1.82) is 0 Å². The van der Waals surface area contributed by atoms with Crippen molar-refractivity contribution in [3.8, 4) is 0 Å². The number of nitrogens with two attached hydrogens (primary N) is 1. The Morgan fingerprint density at radius 2 is 1.70 bits per heavy atom. The zero-order chi connectivity index (χ0) is 13.7. The summed E-state index contributed by atoms with van der Waals surface area (Å²) in [5.41, 5.74) is 7.32. The van der Waals surface area contributed by atoms with Crippen LogP contribution in [0, 0.1) is 23.2 Å². The van der Waals surface area contributed by atoms with E-state index < -0.39 is 0 Å². The van der Waals surface area contributed by atoms with E-state index in [0.717, 1.165) is 28.5 Å². The Morgan fingerprint density at radius 1 is 1.10 bits per heavy atom. The molecule has 0 saturated heterocycles. The summed E-state index contributed by atoms with van der Waals surface area (Å²) < 4.78 is 0. The molecule has 0 aromatic heterocycles. The van der Waals surface area contributed by atoms with Gasteiger partial charge in [-0.1, -0.05) is 11.6 Å². The fourth-order valence-electron chi connectivity index (χ4n) is 5.33. The summed E-state index contributed by atoms with van der Waals surface area (Å²) in [6, 6.07) is 5.85. The molecule has 4 saturated carbocycles. The molecule has 4 aliphatic rings. The number of nitrogen functional groups attached to an aromatic ring is 1. The van der Waals surface area contributed by atoms with Crippen molar-refractivity contribution in [3.63, 3.8) is 0 Å². The Kier molecular flexibility index (Phi) is 3.23. The van der Waals surface area contributed by atoms with Gasteiger partial charge in [0.15, 0.2) is 0 Å². The van der Waals surface area contributed by atoms with Crippen molar-refractivity contribution in [1.82, 2.24) is 0 Å². The summed E-state index contributed by atoms with van der Waals surface area (Å²) in [6.07, 6.45) is 8.94. The lowest BCUT2D eigenvalue weighted by atomic mass is 9.50. The highest BCUT2D eigenvalue weighted by molar-refractivity contribution is 7.99. The molecule has 0 amide bonds. The third kappa shape index (κ3) is 2.35. The molecule has 108 valence electrons. The first-order valence-corrected chi connectivity index (χ1v) is 9.16. The summed E-state index contributed by atoms with van der Waals surface area (Å²) in [7, 11) is 0. The Balaban J connectivity index is 1.50. The third-order valence-corrected chi connectivity index (χ3v) is 7.50. The summed E-state index contributed by atoms with van der Waals surface area (Å²) in [6.45, 7) is 0. The van der Waals surface area contributed by atoms with Gasteiger partial charge in [0.05, 0.1) is 5.02 Å². The van der Waals surface area contributed by atoms with E-state index >= 15 is 0 Å². The molecule has 20 heavy (non-hydrogen) atoms. The standard InChI is InChI=1S/C17H22ClNS/c18-15-2-1-14(19)6-16(15)20-10-17-7-11-3-12(8-17)5-13(4-11)9-17/h1-2,6,11-13H,3-5,7-10,19H2. The average molecular weight is 308 g/mol. The van der Waals surface area contributed by atoms with Gasteiger partial charge >= 0.3 is 0 Å². The second kappa shape index (κ2) is 4.84. The molecule has 4 bridgehead atoms. The molecule has 1 aromatic carbocycles. The minimum atomic E-state index is 0.605. The van der Waals surface area contributed by atoms with Crippen LogP contribution in [0.1, 0.15) is 38.5 Å². The van der Waals surface area contributed by atoms with E-state index in [2.05, 4.69) is 0 Å². The molecule has 4 fully saturated rings. The quantitative estimate of drug-likeness (QED) is 0.611. The molecule has 0 atom stereocenters. The fourth-order valence-corrected chi connectivity index (χ4v) is 6.85. The second-order valence-electron chi connectivity index (χ2n) is 7.40. The van der Waals surface area contributed by atoms with E-state index in [-0.39, 0.29) is 0 Å². The lowest BCUT2D eigenvalue weighted by Crippen LogP contribution is -2.47. The maximum Gasteiger partial charge on any atom is 0.0543 e. The topological polar surface area (TPSA) is 26.0 Å². The van der Waals surface area contributed by atoms with Crippen molar-refractivity contribution in [3.05, 3.63) is 23.2 Å². The minimum Gasteiger partial charge on any atom is -0.399 e. The van der Waals surface area contributed by atoms with E-state index in [0.29, 0.717) is 5.41 Å². The van der Waals surface area contributed by atoms with E-state index in [1.807, 2.05) is 30.0 Å². The smallest absolute Gasteiger partial charge is 0.0543 e. The highest BCUT2D eigenvalue weighted by Crippen LogP contribution is 2.61. The highest BCUT2D eigenvalue weighted by Gasteiger charge is 2.50. The van der Waals surface area contributed by atoms with Crippen LogP contribution in [-0.2, 0) is 0 Å². The third-order valence-electron chi connectivity index (χ3n) is 5.65. The van der Waals surface area contributed by atoms with Crippen LogP contribution >= 0.6 is 23.4 Å². The number of benzene rings is 1. The Morgan fingerprint density at radius 3 is 2.30 bits per heavy atom. The van der Waals surface area contributed by atoms with Crippen LogP contribution in [-0.4, -0.2) is 5.75 Å². The van der Waals surface area contributed by atoms with Crippen LogP contribution in [0.5, 0.6) is 0 Å². The number of rotatable bonds is 3. The molecule has 4 aliphatic carbocycles. The summed E-state index contributed by atoms with van der Waals surface area (Å²) in [5.74, 6) is 4.31. The lowest BCUT2D eigenvalue weighted by Gasteiger charge is -2.56. The van der Waals surface area contributed by atoms with Gasteiger partial charge in [0.25, 0.3) is 0 Å². The van der Waals surface area contributed by atoms with E-state index in [1.165, 1.54) is 49.2 Å². The SMILES string of the molecule is Nc1ccc(Cl)c(SCC23CC4CC(CC(C4)C2)C3)c1. The molecule has 1 nitrogen and oxygen atoms in total. The normalized spacial score (nSPS) is 38.4. The molecule has 3 heteroatoms. The van der Waals surface area contributed by atoms with E-state index in [9.17, 15) is 0 Å². The Hall–Kier alpha value is -0.340. The number of hydrogen-bond donors (Lipinski definition) is 1. The molecule has 2 N–H and O–H groups in total. The zero-order valence-electron chi connectivity index (χ0n) is 11.8. The van der Waals surface area contributed by atoms with Crippen LogP contribution < -0.4 is 5.73 Å². The Labute approximate surface area is 130 Å². The van der Waals surface area contributed by atoms with Gasteiger partial charge in [0.1, 0.15) is 0 Å². The molecular weight excluding hydrogens is 286 g/mol. The van der Waals surface area contributed by atoms with Crippen LogP contribution in [0.25, 0.3) is 0 Å². The predicted octanol–water partition coefficient (Wildman–Crippen LogP) is 5.23. The molecule has 0 radical (unpaired) electrons. The molecule has 1 aromatic rings. The fraction of sp³-hybridized carbons (Fsp3) is 0.647. The van der Waals surface area contributed by atoms with Crippen LogP contribution in [0.15, 0.2) is 23.1 Å². The molecule has 0 heterocycles. The van der Waals surface area contributed by atoms with Gasteiger partial charge in [-0.2, -0.15) is 0 Å². The molecule has 0 spiro atoms. The Bertz CT molecular complexity index is 492. The number of halogens is 1.